The number of carbonyl (C=O) groups excluding carboxylic acids is 1. The second kappa shape index (κ2) is 6.64. The summed E-state index contributed by atoms with van der Waals surface area (Å²) in [6, 6.07) is 0. The molecule has 0 saturated heterocycles. The van der Waals surface area contributed by atoms with Crippen molar-refractivity contribution in [3.63, 3.8) is 0 Å². The van der Waals surface area contributed by atoms with Gasteiger partial charge in [-0.25, -0.2) is 0 Å². The molecule has 0 N–H and O–H groups in total. The second-order valence-corrected chi connectivity index (χ2v) is 3.55. The summed E-state index contributed by atoms with van der Waals surface area (Å²) >= 11 is 0. The fourth-order valence-electron chi connectivity index (χ4n) is 1.51. The van der Waals surface area contributed by atoms with Gasteiger partial charge in [0.2, 0.25) is 0 Å². The molecule has 0 aromatic heterocycles. The van der Waals surface area contributed by atoms with Gasteiger partial charge in [0.05, 0.1) is 0 Å². The average Bonchev–Trinajstić information content (AvgIpc) is 2.11. The number of rotatable bonds is 0. The second-order valence-electron chi connectivity index (χ2n) is 3.55. The average molecular weight is 178 g/mol. The molecular weight excluding hydrogens is 160 g/mol. The molecule has 0 fully saturated rings. The Morgan fingerprint density at radius 1 is 0.769 bits per heavy atom. The highest BCUT2D eigenvalue weighted by molar-refractivity contribution is 5.99. The molecule has 0 aromatic carbocycles. The van der Waals surface area contributed by atoms with Gasteiger partial charge in [-0.1, -0.05) is 31.4 Å². The van der Waals surface area contributed by atoms with E-state index in [2.05, 4.69) is 0 Å². The molecular formula is C12H18O. The van der Waals surface area contributed by atoms with Gasteiger partial charge in [-0.15, -0.1) is 0 Å². The zero-order chi connectivity index (χ0) is 9.36. The number of hydrogen-bond donors (Lipinski definition) is 0. The minimum Gasteiger partial charge on any atom is -0.290 e. The van der Waals surface area contributed by atoms with E-state index in [1.54, 1.807) is 12.2 Å². The van der Waals surface area contributed by atoms with Gasteiger partial charge in [-0.2, -0.15) is 0 Å². The van der Waals surface area contributed by atoms with E-state index in [9.17, 15) is 4.79 Å². The molecule has 13 heavy (non-hydrogen) atoms. The van der Waals surface area contributed by atoms with Crippen molar-refractivity contribution in [2.45, 2.75) is 44.9 Å². The Morgan fingerprint density at radius 3 is 1.77 bits per heavy atom. The van der Waals surface area contributed by atoms with Crippen molar-refractivity contribution >= 4 is 5.78 Å². The van der Waals surface area contributed by atoms with Crippen LogP contribution in [0.3, 0.4) is 0 Å². The maximum atomic E-state index is 11.1. The summed E-state index contributed by atoms with van der Waals surface area (Å²) in [4.78, 5) is 11.1. The van der Waals surface area contributed by atoms with Crippen LogP contribution in [0.1, 0.15) is 44.9 Å². The Bertz CT molecular complexity index is 181. The summed E-state index contributed by atoms with van der Waals surface area (Å²) in [7, 11) is 0. The largest absolute Gasteiger partial charge is 0.290 e. The van der Waals surface area contributed by atoms with Crippen LogP contribution in [0, 0.1) is 0 Å². The molecule has 0 aliphatic heterocycles. The third kappa shape index (κ3) is 5.40. The maximum Gasteiger partial charge on any atom is 0.177 e. The summed E-state index contributed by atoms with van der Waals surface area (Å²) in [5.41, 5.74) is 0. The third-order valence-electron chi connectivity index (χ3n) is 2.31. The number of carbonyl (C=O) groups is 1. The van der Waals surface area contributed by atoms with E-state index in [0.717, 1.165) is 12.8 Å². The SMILES string of the molecule is O=C1C=CCCCCCCC/C=C\1. The fourth-order valence-corrected chi connectivity index (χ4v) is 1.51. The van der Waals surface area contributed by atoms with Gasteiger partial charge in [-0.05, 0) is 37.8 Å². The topological polar surface area (TPSA) is 17.1 Å². The van der Waals surface area contributed by atoms with Crippen molar-refractivity contribution < 1.29 is 4.79 Å². The van der Waals surface area contributed by atoms with Crippen molar-refractivity contribution in [1.82, 2.24) is 0 Å². The maximum absolute atomic E-state index is 11.1. The van der Waals surface area contributed by atoms with E-state index in [1.165, 1.54) is 32.1 Å². The molecule has 1 aliphatic carbocycles. The zero-order valence-corrected chi connectivity index (χ0v) is 8.17. The summed E-state index contributed by atoms with van der Waals surface area (Å²) in [6.45, 7) is 0. The van der Waals surface area contributed by atoms with Crippen molar-refractivity contribution in [1.29, 1.82) is 0 Å². The molecule has 0 aromatic rings. The predicted molar refractivity (Wildman–Crippen MR) is 55.6 cm³/mol. The number of allylic oxidation sites excluding steroid dienone is 4. The van der Waals surface area contributed by atoms with Crippen LogP contribution in [0.15, 0.2) is 24.3 Å². The lowest BCUT2D eigenvalue weighted by atomic mass is 10.1. The van der Waals surface area contributed by atoms with E-state index >= 15 is 0 Å². The van der Waals surface area contributed by atoms with Gasteiger partial charge in [0.15, 0.2) is 5.78 Å². The van der Waals surface area contributed by atoms with Gasteiger partial charge in [0.1, 0.15) is 0 Å². The van der Waals surface area contributed by atoms with Gasteiger partial charge in [-0.3, -0.25) is 4.79 Å². The Balaban J connectivity index is 2.37. The monoisotopic (exact) mass is 178 g/mol. The standard InChI is InChI=1S/C12H18O/c13-12-10-8-6-4-2-1-3-5-7-9-11-12/h8-11H,1-7H2/b10-8-,11-9?. The Morgan fingerprint density at radius 2 is 1.23 bits per heavy atom. The first-order valence-corrected chi connectivity index (χ1v) is 5.26. The van der Waals surface area contributed by atoms with Crippen LogP contribution in [-0.2, 0) is 4.79 Å². The van der Waals surface area contributed by atoms with Crippen LogP contribution in [-0.4, -0.2) is 5.78 Å². The molecule has 0 amide bonds. The third-order valence-corrected chi connectivity index (χ3v) is 2.31. The van der Waals surface area contributed by atoms with Gasteiger partial charge >= 0.3 is 0 Å². The van der Waals surface area contributed by atoms with Crippen molar-refractivity contribution in [2.75, 3.05) is 0 Å². The Hall–Kier alpha value is -0.850. The molecule has 0 heterocycles. The zero-order valence-electron chi connectivity index (χ0n) is 8.17. The van der Waals surface area contributed by atoms with Crippen LogP contribution in [0.4, 0.5) is 0 Å². The normalized spacial score (nSPS) is 23.2. The van der Waals surface area contributed by atoms with E-state index < -0.39 is 0 Å². The van der Waals surface area contributed by atoms with Crippen LogP contribution in [0.2, 0.25) is 0 Å². The lowest BCUT2D eigenvalue weighted by molar-refractivity contribution is -0.110. The summed E-state index contributed by atoms with van der Waals surface area (Å²) < 4.78 is 0. The minimum absolute atomic E-state index is 0.139. The van der Waals surface area contributed by atoms with Gasteiger partial charge in [0, 0.05) is 0 Å². The molecule has 1 aliphatic rings. The van der Waals surface area contributed by atoms with E-state index in [-0.39, 0.29) is 5.78 Å². The number of ketones is 1. The molecule has 0 atom stereocenters. The summed E-state index contributed by atoms with van der Waals surface area (Å²) in [6.07, 6.45) is 15.9. The van der Waals surface area contributed by atoms with Crippen LogP contribution in [0.5, 0.6) is 0 Å². The molecule has 0 saturated carbocycles. The Kier molecular flexibility index (Phi) is 5.23. The highest BCUT2D eigenvalue weighted by atomic mass is 16.1. The predicted octanol–water partition coefficient (Wildman–Crippen LogP) is 3.41. The molecule has 0 unspecified atom stereocenters. The quantitative estimate of drug-likeness (QED) is 0.555. The molecule has 1 rings (SSSR count). The number of hydrogen-bond acceptors (Lipinski definition) is 1. The first kappa shape index (κ1) is 10.2. The first-order chi connectivity index (χ1) is 6.39. The summed E-state index contributed by atoms with van der Waals surface area (Å²) in [5, 5.41) is 0. The smallest absolute Gasteiger partial charge is 0.177 e. The molecule has 0 bridgehead atoms. The molecule has 0 spiro atoms. The van der Waals surface area contributed by atoms with Gasteiger partial charge in [0.25, 0.3) is 0 Å². The first-order valence-electron chi connectivity index (χ1n) is 5.26. The van der Waals surface area contributed by atoms with Crippen LogP contribution in [0.25, 0.3) is 0 Å². The molecule has 1 nitrogen and oxygen atoms in total. The van der Waals surface area contributed by atoms with Crippen LogP contribution < -0.4 is 0 Å². The Labute approximate surface area is 80.5 Å². The summed E-state index contributed by atoms with van der Waals surface area (Å²) in [5.74, 6) is 0.139. The van der Waals surface area contributed by atoms with Crippen LogP contribution >= 0.6 is 0 Å². The molecule has 0 radical (unpaired) electrons. The van der Waals surface area contributed by atoms with E-state index in [1.807, 2.05) is 12.2 Å². The van der Waals surface area contributed by atoms with Crippen molar-refractivity contribution in [2.24, 2.45) is 0 Å². The highest BCUT2D eigenvalue weighted by Crippen LogP contribution is 2.08. The van der Waals surface area contributed by atoms with E-state index in [0.29, 0.717) is 0 Å². The van der Waals surface area contributed by atoms with Crippen molar-refractivity contribution in [3.8, 4) is 0 Å². The lowest BCUT2D eigenvalue weighted by Crippen LogP contribution is -1.86. The van der Waals surface area contributed by atoms with Crippen molar-refractivity contribution in [3.05, 3.63) is 24.3 Å². The lowest BCUT2D eigenvalue weighted by Gasteiger charge is -1.99. The fraction of sp³-hybridized carbons (Fsp3) is 0.583. The van der Waals surface area contributed by atoms with Gasteiger partial charge < -0.3 is 0 Å². The molecule has 1 heteroatoms. The highest BCUT2D eigenvalue weighted by Gasteiger charge is 1.92. The minimum atomic E-state index is 0.139. The molecule has 72 valence electrons. The van der Waals surface area contributed by atoms with E-state index in [4.69, 9.17) is 0 Å².